The molecule has 0 bridgehead atoms. The van der Waals surface area contributed by atoms with Gasteiger partial charge in [-0.05, 0) is 24.3 Å². The Bertz CT molecular complexity index is 877. The lowest BCUT2D eigenvalue weighted by Gasteiger charge is -2.35. The van der Waals surface area contributed by atoms with Crippen molar-refractivity contribution in [1.82, 2.24) is 15.5 Å². The van der Waals surface area contributed by atoms with Crippen molar-refractivity contribution in [3.63, 3.8) is 0 Å². The van der Waals surface area contributed by atoms with Gasteiger partial charge in [0.1, 0.15) is 5.76 Å². The molecule has 0 radical (unpaired) electrons. The zero-order valence-corrected chi connectivity index (χ0v) is 16.9. The Morgan fingerprint density at radius 1 is 1.07 bits per heavy atom. The van der Waals surface area contributed by atoms with E-state index in [0.29, 0.717) is 12.3 Å². The first kappa shape index (κ1) is 18.8. The van der Waals surface area contributed by atoms with E-state index in [1.54, 1.807) is 23.7 Å². The van der Waals surface area contributed by atoms with Crippen LogP contribution in [-0.4, -0.2) is 48.0 Å². The average molecular weight is 416 g/mol. The molecule has 1 aromatic carbocycles. The number of rotatable bonds is 7. The largest absolute Gasteiger partial charge is 0.467 e. The predicted octanol–water partition coefficient (Wildman–Crippen LogP) is 2.87. The summed E-state index contributed by atoms with van der Waals surface area (Å²) in [4.78, 5) is 16.6. The molecule has 1 saturated heterocycles. The zero-order valence-electron chi connectivity index (χ0n) is 15.3. The van der Waals surface area contributed by atoms with Gasteiger partial charge in [0.15, 0.2) is 4.34 Å². The highest BCUT2D eigenvalue weighted by Crippen LogP contribution is 2.29. The molecule has 0 saturated carbocycles. The van der Waals surface area contributed by atoms with Crippen LogP contribution in [0.4, 0.5) is 10.8 Å². The van der Waals surface area contributed by atoms with Gasteiger partial charge in [0, 0.05) is 31.9 Å². The van der Waals surface area contributed by atoms with E-state index in [9.17, 15) is 4.79 Å². The molecule has 9 heteroatoms. The summed E-state index contributed by atoms with van der Waals surface area (Å²) in [6.45, 7) is 4.15. The van der Waals surface area contributed by atoms with Crippen LogP contribution in [0.3, 0.4) is 0 Å². The van der Waals surface area contributed by atoms with Crippen LogP contribution in [-0.2, 0) is 11.3 Å². The molecule has 0 spiro atoms. The molecule has 1 aliphatic rings. The summed E-state index contributed by atoms with van der Waals surface area (Å²) in [6, 6.07) is 14.1. The predicted molar refractivity (Wildman–Crippen MR) is 112 cm³/mol. The van der Waals surface area contributed by atoms with Gasteiger partial charge in [-0.2, -0.15) is 0 Å². The minimum atomic E-state index is -0.0466. The van der Waals surface area contributed by atoms with E-state index in [4.69, 9.17) is 4.42 Å². The maximum atomic E-state index is 12.0. The molecule has 0 aliphatic carbocycles. The van der Waals surface area contributed by atoms with Gasteiger partial charge in [0.25, 0.3) is 0 Å². The van der Waals surface area contributed by atoms with Crippen molar-refractivity contribution in [3.8, 4) is 0 Å². The van der Waals surface area contributed by atoms with Crippen LogP contribution in [0.25, 0.3) is 0 Å². The average Bonchev–Trinajstić information content (AvgIpc) is 3.44. The molecular formula is C19H21N5O2S2. The third kappa shape index (κ3) is 4.85. The van der Waals surface area contributed by atoms with Gasteiger partial charge < -0.3 is 19.5 Å². The van der Waals surface area contributed by atoms with Crippen molar-refractivity contribution in [2.24, 2.45) is 0 Å². The number of thioether (sulfide) groups is 1. The number of hydrogen-bond donors (Lipinski definition) is 1. The molecule has 1 fully saturated rings. The second kappa shape index (κ2) is 9.11. The number of nitrogens with one attached hydrogen (secondary N) is 1. The number of aromatic nitrogens is 2. The number of hydrogen-bond acceptors (Lipinski definition) is 8. The van der Waals surface area contributed by atoms with Crippen molar-refractivity contribution in [3.05, 3.63) is 54.5 Å². The number of furan rings is 1. The zero-order chi connectivity index (χ0) is 19.2. The fourth-order valence-corrected chi connectivity index (χ4v) is 4.68. The van der Waals surface area contributed by atoms with Gasteiger partial charge in [-0.15, -0.1) is 10.2 Å². The number of nitrogens with zero attached hydrogens (tertiary/aromatic N) is 4. The smallest absolute Gasteiger partial charge is 0.230 e. The number of para-hydroxylation sites is 1. The van der Waals surface area contributed by atoms with Crippen LogP contribution in [0.15, 0.2) is 57.5 Å². The highest BCUT2D eigenvalue weighted by Gasteiger charge is 2.20. The molecule has 28 heavy (non-hydrogen) atoms. The SMILES string of the molecule is O=C(CSc1nnc(N2CCN(c3ccccc3)CC2)s1)NCc1ccco1. The molecule has 7 nitrogen and oxygen atoms in total. The number of carbonyl (C=O) groups excluding carboxylic acids is 1. The van der Waals surface area contributed by atoms with Crippen LogP contribution in [0, 0.1) is 0 Å². The second-order valence-electron chi connectivity index (χ2n) is 6.30. The third-order valence-electron chi connectivity index (χ3n) is 4.43. The number of benzene rings is 1. The highest BCUT2D eigenvalue weighted by molar-refractivity contribution is 8.01. The van der Waals surface area contributed by atoms with Gasteiger partial charge in [-0.1, -0.05) is 41.3 Å². The lowest BCUT2D eigenvalue weighted by atomic mass is 10.2. The molecule has 0 atom stereocenters. The van der Waals surface area contributed by atoms with E-state index in [0.717, 1.165) is 41.4 Å². The van der Waals surface area contributed by atoms with E-state index < -0.39 is 0 Å². The van der Waals surface area contributed by atoms with E-state index in [1.807, 2.05) is 12.1 Å². The topological polar surface area (TPSA) is 74.5 Å². The molecule has 1 aliphatic heterocycles. The summed E-state index contributed by atoms with van der Waals surface area (Å²) < 4.78 is 6.02. The van der Waals surface area contributed by atoms with Crippen LogP contribution in [0.1, 0.15) is 5.76 Å². The van der Waals surface area contributed by atoms with Gasteiger partial charge in [-0.25, -0.2) is 0 Å². The molecule has 0 unspecified atom stereocenters. The van der Waals surface area contributed by atoms with E-state index in [2.05, 4.69) is 49.6 Å². The van der Waals surface area contributed by atoms with E-state index >= 15 is 0 Å². The van der Waals surface area contributed by atoms with Gasteiger partial charge >= 0.3 is 0 Å². The van der Waals surface area contributed by atoms with Crippen LogP contribution in [0.5, 0.6) is 0 Å². The maximum absolute atomic E-state index is 12.0. The third-order valence-corrected chi connectivity index (χ3v) is 6.55. The van der Waals surface area contributed by atoms with Gasteiger partial charge in [0.05, 0.1) is 18.6 Å². The van der Waals surface area contributed by atoms with E-state index in [1.165, 1.54) is 17.4 Å². The number of piperazine rings is 1. The second-order valence-corrected chi connectivity index (χ2v) is 8.48. The summed E-state index contributed by atoms with van der Waals surface area (Å²) in [5, 5.41) is 12.3. The minimum absolute atomic E-state index is 0.0466. The first-order valence-electron chi connectivity index (χ1n) is 9.08. The Kier molecular flexibility index (Phi) is 6.13. The van der Waals surface area contributed by atoms with Crippen molar-refractivity contribution in [2.45, 2.75) is 10.9 Å². The van der Waals surface area contributed by atoms with Crippen molar-refractivity contribution >= 4 is 39.8 Å². The molecular weight excluding hydrogens is 394 g/mol. The summed E-state index contributed by atoms with van der Waals surface area (Å²) in [5.74, 6) is 1.01. The molecule has 4 rings (SSSR count). The highest BCUT2D eigenvalue weighted by atomic mass is 32.2. The summed E-state index contributed by atoms with van der Waals surface area (Å²) in [7, 11) is 0. The normalized spacial score (nSPS) is 14.3. The molecule has 1 N–H and O–H groups in total. The fraction of sp³-hybridized carbons (Fsp3) is 0.316. The van der Waals surface area contributed by atoms with Crippen molar-refractivity contribution < 1.29 is 9.21 Å². The molecule has 3 heterocycles. The molecule has 146 valence electrons. The Morgan fingerprint density at radius 3 is 2.61 bits per heavy atom. The fourth-order valence-electron chi connectivity index (χ4n) is 2.96. The first-order valence-corrected chi connectivity index (χ1v) is 10.9. The van der Waals surface area contributed by atoms with Crippen LogP contribution in [0.2, 0.25) is 0 Å². The maximum Gasteiger partial charge on any atom is 0.230 e. The minimum Gasteiger partial charge on any atom is -0.467 e. The summed E-state index contributed by atoms with van der Waals surface area (Å²) in [6.07, 6.45) is 1.60. The van der Waals surface area contributed by atoms with E-state index in [-0.39, 0.29) is 5.91 Å². The standard InChI is InChI=1S/C19H21N5O2S2/c25-17(20-13-16-7-4-12-26-16)14-27-19-22-21-18(28-19)24-10-8-23(9-11-24)15-5-2-1-3-6-15/h1-7,12H,8-11,13-14H2,(H,20,25). The van der Waals surface area contributed by atoms with Crippen LogP contribution < -0.4 is 15.1 Å². The Balaban J connectivity index is 1.23. The van der Waals surface area contributed by atoms with Crippen molar-refractivity contribution in [1.29, 1.82) is 0 Å². The van der Waals surface area contributed by atoms with Gasteiger partial charge in [0.2, 0.25) is 11.0 Å². The van der Waals surface area contributed by atoms with Crippen LogP contribution >= 0.6 is 23.1 Å². The molecule has 3 aromatic rings. The number of anilines is 2. The lowest BCUT2D eigenvalue weighted by molar-refractivity contribution is -0.118. The Morgan fingerprint density at radius 2 is 1.86 bits per heavy atom. The molecule has 2 aromatic heterocycles. The first-order chi connectivity index (χ1) is 13.8. The number of amides is 1. The molecule has 1 amide bonds. The summed E-state index contributed by atoms with van der Waals surface area (Å²) in [5.41, 5.74) is 1.26. The lowest BCUT2D eigenvalue weighted by Crippen LogP contribution is -2.46. The quantitative estimate of drug-likeness (QED) is 0.595. The van der Waals surface area contributed by atoms with Gasteiger partial charge in [-0.3, -0.25) is 4.79 Å². The number of carbonyl (C=O) groups is 1. The Labute approximate surface area is 171 Å². The summed E-state index contributed by atoms with van der Waals surface area (Å²) >= 11 is 2.96. The monoisotopic (exact) mass is 415 g/mol. The van der Waals surface area contributed by atoms with Crippen molar-refractivity contribution in [2.75, 3.05) is 41.7 Å². The Hall–Kier alpha value is -2.52.